The van der Waals surface area contributed by atoms with Crippen LogP contribution in [-0.2, 0) is 0 Å². The molecule has 3 aromatic rings. The number of alkyl halides is 2. The van der Waals surface area contributed by atoms with Crippen LogP contribution in [0.4, 0.5) is 5.69 Å². The molecule has 3 aromatic carbocycles. The van der Waals surface area contributed by atoms with Gasteiger partial charge in [-0.15, -0.1) is 0 Å². The van der Waals surface area contributed by atoms with Crippen molar-refractivity contribution in [2.45, 2.75) is 11.1 Å². The van der Waals surface area contributed by atoms with E-state index in [-0.39, 0.29) is 0 Å². The molecule has 0 bridgehead atoms. The van der Waals surface area contributed by atoms with Crippen LogP contribution >= 0.6 is 23.2 Å². The molecule has 2 N–H and O–H groups in total. The molecule has 0 saturated heterocycles. The Balaban J connectivity index is 1.66. The van der Waals surface area contributed by atoms with E-state index in [1.54, 1.807) is 24.3 Å². The number of aliphatic hydroxyl groups excluding tert-OH is 1. The normalized spacial score (nSPS) is 11.9. The Hall–Kier alpha value is -2.66. The van der Waals surface area contributed by atoms with Crippen LogP contribution in [0.5, 0.6) is 0 Å². The van der Waals surface area contributed by atoms with Crippen LogP contribution in [0.3, 0.4) is 0 Å². The lowest BCUT2D eigenvalue weighted by molar-refractivity contribution is 0.0793. The number of Topliss-reactive ketones (excluding diaryl/α,β-unsaturated/α-hetero) is 2. The summed E-state index contributed by atoms with van der Waals surface area (Å²) in [6.45, 7) is 0. The van der Waals surface area contributed by atoms with Gasteiger partial charge in [-0.3, -0.25) is 9.59 Å². The predicted molar refractivity (Wildman–Crippen MR) is 112 cm³/mol. The first kappa shape index (κ1) is 20.1. The molecule has 4 nitrogen and oxygen atoms in total. The zero-order valence-corrected chi connectivity index (χ0v) is 16.2. The second kappa shape index (κ2) is 9.02. The number of anilines is 1. The van der Waals surface area contributed by atoms with Crippen LogP contribution in [0.2, 0.25) is 0 Å². The van der Waals surface area contributed by atoms with Crippen LogP contribution in [0, 0.1) is 0 Å². The summed E-state index contributed by atoms with van der Waals surface area (Å²) in [5.41, 5.74) is 3.25. The highest BCUT2D eigenvalue weighted by Crippen LogP contribution is 2.20. The molecule has 0 radical (unpaired) electrons. The third-order valence-corrected chi connectivity index (χ3v) is 4.59. The van der Waals surface area contributed by atoms with Gasteiger partial charge in [0, 0.05) is 16.8 Å². The minimum Gasteiger partial charge on any atom is -0.367 e. The fraction of sp³-hybridized carbons (Fsp3) is 0.0909. The number of rotatable bonds is 7. The lowest BCUT2D eigenvalue weighted by Gasteiger charge is -2.14. The Bertz CT molecular complexity index is 955. The van der Waals surface area contributed by atoms with Crippen molar-refractivity contribution in [3.63, 3.8) is 0 Å². The smallest absolute Gasteiger partial charge is 0.211 e. The molecule has 0 heterocycles. The maximum Gasteiger partial charge on any atom is 0.211 e. The van der Waals surface area contributed by atoms with Gasteiger partial charge in [-0.2, -0.15) is 0 Å². The van der Waals surface area contributed by atoms with Gasteiger partial charge in [-0.1, -0.05) is 77.8 Å². The first-order valence-corrected chi connectivity index (χ1v) is 9.40. The molecule has 1 atom stereocenters. The van der Waals surface area contributed by atoms with Crippen LogP contribution in [0.25, 0.3) is 11.1 Å². The average molecular weight is 414 g/mol. The molecule has 1 unspecified atom stereocenters. The van der Waals surface area contributed by atoms with Crippen LogP contribution in [0.15, 0.2) is 78.9 Å². The number of halogens is 2. The summed E-state index contributed by atoms with van der Waals surface area (Å²) in [6, 6.07) is 23.0. The van der Waals surface area contributed by atoms with Crippen LogP contribution in [-0.4, -0.2) is 27.7 Å². The third-order valence-electron chi connectivity index (χ3n) is 4.20. The maximum absolute atomic E-state index is 12.5. The number of hydrogen-bond donors (Lipinski definition) is 2. The third kappa shape index (κ3) is 4.78. The predicted octanol–water partition coefficient (Wildman–Crippen LogP) is 4.95. The van der Waals surface area contributed by atoms with Gasteiger partial charge < -0.3 is 10.4 Å². The van der Waals surface area contributed by atoms with E-state index in [1.807, 2.05) is 42.5 Å². The number of carbonyl (C=O) groups excluding carboxylic acids is 2. The molecule has 28 heavy (non-hydrogen) atoms. The Morgan fingerprint density at radius 1 is 0.714 bits per heavy atom. The minimum absolute atomic E-state index is 0.345. The summed E-state index contributed by atoms with van der Waals surface area (Å²) in [4.78, 5) is 23.0. The monoisotopic (exact) mass is 413 g/mol. The van der Waals surface area contributed by atoms with Crippen LogP contribution < -0.4 is 5.32 Å². The lowest BCUT2D eigenvalue weighted by atomic mass is 10.0. The SMILES string of the molecule is O=C(c1ccc(NC(O)C(=O)c2ccc(-c3ccccc3)cc2)cc1)C(Cl)Cl. The fourth-order valence-corrected chi connectivity index (χ4v) is 2.95. The molecule has 6 heteroatoms. The van der Waals surface area contributed by atoms with Gasteiger partial charge in [0.15, 0.2) is 16.8 Å². The molecule has 0 aromatic heterocycles. The summed E-state index contributed by atoms with van der Waals surface area (Å²) in [5.74, 6) is -0.869. The number of carbonyl (C=O) groups is 2. The maximum atomic E-state index is 12.5. The molecular weight excluding hydrogens is 397 g/mol. The molecule has 0 saturated carbocycles. The van der Waals surface area contributed by atoms with Crippen molar-refractivity contribution in [1.29, 1.82) is 0 Å². The number of aliphatic hydroxyl groups is 1. The zero-order valence-electron chi connectivity index (χ0n) is 14.7. The van der Waals surface area contributed by atoms with Crippen molar-refractivity contribution in [3.8, 4) is 11.1 Å². The summed E-state index contributed by atoms with van der Waals surface area (Å²) < 4.78 is 0. The number of hydrogen-bond acceptors (Lipinski definition) is 4. The first-order chi connectivity index (χ1) is 13.5. The molecule has 0 aliphatic heterocycles. The Morgan fingerprint density at radius 2 is 1.21 bits per heavy atom. The van der Waals surface area contributed by atoms with Crippen molar-refractivity contribution < 1.29 is 14.7 Å². The number of benzene rings is 3. The fourth-order valence-electron chi connectivity index (χ4n) is 2.70. The molecule has 0 aliphatic carbocycles. The van der Waals surface area contributed by atoms with Gasteiger partial charge in [0.1, 0.15) is 0 Å². The number of nitrogens with one attached hydrogen (secondary N) is 1. The quantitative estimate of drug-likeness (QED) is 0.326. The first-order valence-electron chi connectivity index (χ1n) is 8.52. The van der Waals surface area contributed by atoms with E-state index >= 15 is 0 Å². The van der Waals surface area contributed by atoms with E-state index in [9.17, 15) is 14.7 Å². The van der Waals surface area contributed by atoms with Gasteiger partial charge in [-0.25, -0.2) is 0 Å². The van der Waals surface area contributed by atoms with E-state index in [4.69, 9.17) is 23.2 Å². The van der Waals surface area contributed by atoms with E-state index < -0.39 is 22.6 Å². The van der Waals surface area contributed by atoms with Gasteiger partial charge >= 0.3 is 0 Å². The van der Waals surface area contributed by atoms with Crippen molar-refractivity contribution in [3.05, 3.63) is 90.0 Å². The Kier molecular flexibility index (Phi) is 6.47. The zero-order chi connectivity index (χ0) is 20.1. The highest BCUT2D eigenvalue weighted by Gasteiger charge is 2.18. The molecular formula is C22H17Cl2NO3. The number of ketones is 2. The van der Waals surface area contributed by atoms with Crippen molar-refractivity contribution >= 4 is 40.5 Å². The second-order valence-corrected chi connectivity index (χ2v) is 7.19. The molecule has 0 aliphatic rings. The van der Waals surface area contributed by atoms with E-state index in [0.717, 1.165) is 11.1 Å². The van der Waals surface area contributed by atoms with Gasteiger partial charge in [-0.05, 0) is 35.4 Å². The Morgan fingerprint density at radius 3 is 1.79 bits per heavy atom. The largest absolute Gasteiger partial charge is 0.367 e. The highest BCUT2D eigenvalue weighted by atomic mass is 35.5. The summed E-state index contributed by atoms with van der Waals surface area (Å²) in [6.07, 6.45) is -1.42. The average Bonchev–Trinajstić information content (AvgIpc) is 2.74. The summed E-state index contributed by atoms with van der Waals surface area (Å²) >= 11 is 11.1. The Labute approximate surface area is 172 Å². The van der Waals surface area contributed by atoms with Gasteiger partial charge in [0.2, 0.25) is 5.78 Å². The molecule has 0 amide bonds. The van der Waals surface area contributed by atoms with Crippen molar-refractivity contribution in [2.75, 3.05) is 5.32 Å². The summed E-state index contributed by atoms with van der Waals surface area (Å²) in [7, 11) is 0. The molecule has 0 spiro atoms. The van der Waals surface area contributed by atoms with E-state index in [2.05, 4.69) is 5.32 Å². The summed E-state index contributed by atoms with van der Waals surface area (Å²) in [5, 5.41) is 12.9. The standard InChI is InChI=1S/C22H17Cl2NO3/c23-21(24)19(26)16-10-12-18(13-11-16)25-22(28)20(27)17-8-6-15(7-9-17)14-4-2-1-3-5-14/h1-13,21-22,25,28H. The second-order valence-electron chi connectivity index (χ2n) is 6.10. The molecule has 142 valence electrons. The van der Waals surface area contributed by atoms with Crippen molar-refractivity contribution in [2.24, 2.45) is 0 Å². The topological polar surface area (TPSA) is 66.4 Å². The minimum atomic E-state index is -1.42. The van der Waals surface area contributed by atoms with E-state index in [0.29, 0.717) is 16.8 Å². The highest BCUT2D eigenvalue weighted by molar-refractivity contribution is 6.55. The lowest BCUT2D eigenvalue weighted by Crippen LogP contribution is -2.29. The molecule has 0 fully saturated rings. The van der Waals surface area contributed by atoms with Crippen molar-refractivity contribution in [1.82, 2.24) is 0 Å². The van der Waals surface area contributed by atoms with Crippen LogP contribution in [0.1, 0.15) is 20.7 Å². The van der Waals surface area contributed by atoms with Gasteiger partial charge in [0.25, 0.3) is 0 Å². The molecule has 3 rings (SSSR count). The van der Waals surface area contributed by atoms with Gasteiger partial charge in [0.05, 0.1) is 0 Å². The van der Waals surface area contributed by atoms with E-state index in [1.165, 1.54) is 12.1 Å².